The lowest BCUT2D eigenvalue weighted by Crippen LogP contribution is -2.55. The number of pyridine rings is 1. The van der Waals surface area contributed by atoms with Crippen LogP contribution in [-0.2, 0) is 4.79 Å². The van der Waals surface area contributed by atoms with Crippen molar-refractivity contribution in [3.63, 3.8) is 0 Å². The van der Waals surface area contributed by atoms with Gasteiger partial charge in [-0.2, -0.15) is 0 Å². The average Bonchev–Trinajstić information content (AvgIpc) is 3.28. The molecule has 0 radical (unpaired) electrons. The largest absolute Gasteiger partial charge is 0.480 e. The van der Waals surface area contributed by atoms with Crippen molar-refractivity contribution in [2.24, 2.45) is 5.92 Å². The number of aromatic nitrogens is 1. The van der Waals surface area contributed by atoms with E-state index in [-0.39, 0.29) is 30.1 Å². The smallest absolute Gasteiger partial charge is 0.317 e. The van der Waals surface area contributed by atoms with Gasteiger partial charge in [-0.1, -0.05) is 0 Å². The van der Waals surface area contributed by atoms with Crippen LogP contribution in [0.15, 0.2) is 21.5 Å². The van der Waals surface area contributed by atoms with Gasteiger partial charge in [0.25, 0.3) is 11.5 Å². The van der Waals surface area contributed by atoms with Crippen LogP contribution in [0.3, 0.4) is 0 Å². The molecule has 0 atom stereocenters. The Balaban J connectivity index is 1.51. The molecule has 0 spiro atoms. The molecule has 1 amide bonds. The van der Waals surface area contributed by atoms with Gasteiger partial charge >= 0.3 is 5.97 Å². The molecule has 2 aliphatic carbocycles. The monoisotopic (exact) mass is 397 g/mol. The van der Waals surface area contributed by atoms with Crippen molar-refractivity contribution >= 4 is 27.8 Å². The summed E-state index contributed by atoms with van der Waals surface area (Å²) in [7, 11) is 0. The van der Waals surface area contributed by atoms with E-state index in [1.807, 2.05) is 4.90 Å². The molecule has 2 fully saturated rings. The summed E-state index contributed by atoms with van der Waals surface area (Å²) in [6.07, 6.45) is 5.28. The molecule has 1 aromatic heterocycles. The Kier molecular flexibility index (Phi) is 5.05. The number of carbonyl (C=O) groups is 2. The molecule has 0 aromatic carbocycles. The molecule has 8 heteroatoms. The molecule has 1 heterocycles. The Bertz CT molecular complexity index is 695. The third-order valence-electron chi connectivity index (χ3n) is 4.61. The Labute approximate surface area is 147 Å². The fourth-order valence-electron chi connectivity index (χ4n) is 3.01. The van der Waals surface area contributed by atoms with Crippen molar-refractivity contribution in [1.82, 2.24) is 15.2 Å². The minimum absolute atomic E-state index is 0.0451. The lowest BCUT2D eigenvalue weighted by Gasteiger charge is -2.42. The second kappa shape index (κ2) is 7.06. The number of H-pyrrole nitrogens is 1. The molecule has 0 saturated heterocycles. The van der Waals surface area contributed by atoms with E-state index in [1.165, 1.54) is 25.1 Å². The van der Waals surface area contributed by atoms with E-state index in [0.29, 0.717) is 16.0 Å². The minimum atomic E-state index is -0.804. The molecule has 0 bridgehead atoms. The highest BCUT2D eigenvalue weighted by atomic mass is 79.9. The minimum Gasteiger partial charge on any atom is -0.480 e. The highest BCUT2D eigenvalue weighted by molar-refractivity contribution is 9.10. The van der Waals surface area contributed by atoms with Crippen molar-refractivity contribution in [2.45, 2.75) is 37.8 Å². The molecule has 3 N–H and O–H groups in total. The third-order valence-corrected chi connectivity index (χ3v) is 5.20. The van der Waals surface area contributed by atoms with Gasteiger partial charge in [0.05, 0.1) is 16.6 Å². The maximum atomic E-state index is 12.2. The number of carboxylic acids is 1. The summed E-state index contributed by atoms with van der Waals surface area (Å²) in [4.78, 5) is 39.0. The molecule has 1 aromatic rings. The van der Waals surface area contributed by atoms with Crippen LogP contribution in [0.1, 0.15) is 36.0 Å². The van der Waals surface area contributed by atoms with Crippen LogP contribution >= 0.6 is 15.9 Å². The van der Waals surface area contributed by atoms with Crippen molar-refractivity contribution in [1.29, 1.82) is 0 Å². The fraction of sp³-hybridized carbons (Fsp3) is 0.562. The third kappa shape index (κ3) is 4.24. The number of amides is 1. The molecule has 3 rings (SSSR count). The zero-order valence-corrected chi connectivity index (χ0v) is 14.7. The predicted octanol–water partition coefficient (Wildman–Crippen LogP) is 1.19. The summed E-state index contributed by atoms with van der Waals surface area (Å²) in [5, 5.41) is 12.0. The van der Waals surface area contributed by atoms with E-state index in [0.717, 1.165) is 19.4 Å². The number of aliphatic carboxylic acids is 1. The van der Waals surface area contributed by atoms with Crippen molar-refractivity contribution in [2.75, 3.05) is 13.1 Å². The van der Waals surface area contributed by atoms with Crippen LogP contribution in [0.5, 0.6) is 0 Å². The molecule has 2 saturated carbocycles. The zero-order chi connectivity index (χ0) is 17.3. The standard InChI is InChI=1S/C16H20BrN3O4/c17-13-3-10(6-18-16(13)24)15(23)19-11-4-12(5-11)20(8-14(21)22)7-9-1-2-9/h3,6,9,11-12H,1-2,4-5,7-8H2,(H,18,24)(H,19,23)(H,21,22). The molecular formula is C16H20BrN3O4. The number of aromatic amines is 1. The molecular weight excluding hydrogens is 378 g/mol. The number of halogens is 1. The van der Waals surface area contributed by atoms with E-state index >= 15 is 0 Å². The zero-order valence-electron chi connectivity index (χ0n) is 13.1. The number of carboxylic acid groups (broad SMARTS) is 1. The summed E-state index contributed by atoms with van der Waals surface area (Å²) in [6.45, 7) is 0.902. The topological polar surface area (TPSA) is 102 Å². The fourth-order valence-corrected chi connectivity index (χ4v) is 3.37. The normalized spacial score (nSPS) is 22.9. The lowest BCUT2D eigenvalue weighted by molar-refractivity contribution is -0.139. The van der Waals surface area contributed by atoms with Gasteiger partial charge in [-0.15, -0.1) is 0 Å². The molecule has 7 nitrogen and oxygen atoms in total. The highest BCUT2D eigenvalue weighted by Crippen LogP contribution is 2.33. The van der Waals surface area contributed by atoms with E-state index in [4.69, 9.17) is 5.11 Å². The Hall–Kier alpha value is -1.67. The second-order valence-electron chi connectivity index (χ2n) is 6.63. The maximum Gasteiger partial charge on any atom is 0.317 e. The predicted molar refractivity (Wildman–Crippen MR) is 91.0 cm³/mol. The second-order valence-corrected chi connectivity index (χ2v) is 7.48. The summed E-state index contributed by atoms with van der Waals surface area (Å²) in [5.41, 5.74) is 0.116. The van der Waals surface area contributed by atoms with E-state index in [2.05, 4.69) is 26.2 Å². The first-order chi connectivity index (χ1) is 11.4. The van der Waals surface area contributed by atoms with Gasteiger partial charge in [0.15, 0.2) is 0 Å². The molecule has 0 unspecified atom stereocenters. The van der Waals surface area contributed by atoms with Crippen LogP contribution in [0.4, 0.5) is 0 Å². The Morgan fingerprint density at radius 3 is 2.67 bits per heavy atom. The Morgan fingerprint density at radius 1 is 1.38 bits per heavy atom. The first kappa shape index (κ1) is 17.2. The lowest BCUT2D eigenvalue weighted by atomic mass is 9.85. The summed E-state index contributed by atoms with van der Waals surface area (Å²) < 4.78 is 0.318. The molecule has 130 valence electrons. The van der Waals surface area contributed by atoms with Crippen molar-refractivity contribution in [3.05, 3.63) is 32.7 Å². The maximum absolute atomic E-state index is 12.2. The molecule has 24 heavy (non-hydrogen) atoms. The number of rotatable bonds is 7. The van der Waals surface area contributed by atoms with Gasteiger partial charge in [-0.3, -0.25) is 19.3 Å². The van der Waals surface area contributed by atoms with Gasteiger partial charge in [-0.05, 0) is 53.6 Å². The van der Waals surface area contributed by atoms with Crippen molar-refractivity contribution < 1.29 is 14.7 Å². The number of hydrogen-bond donors (Lipinski definition) is 3. The number of carbonyl (C=O) groups excluding carboxylic acids is 1. The number of nitrogens with zero attached hydrogens (tertiary/aromatic N) is 1. The van der Waals surface area contributed by atoms with Crippen LogP contribution in [0, 0.1) is 5.92 Å². The highest BCUT2D eigenvalue weighted by Gasteiger charge is 2.37. The number of nitrogens with one attached hydrogen (secondary N) is 2. The van der Waals surface area contributed by atoms with Crippen LogP contribution in [-0.4, -0.2) is 52.0 Å². The van der Waals surface area contributed by atoms with Gasteiger partial charge in [0, 0.05) is 24.8 Å². The van der Waals surface area contributed by atoms with E-state index in [9.17, 15) is 14.4 Å². The first-order valence-corrected chi connectivity index (χ1v) is 8.86. The van der Waals surface area contributed by atoms with Gasteiger partial charge in [-0.25, -0.2) is 0 Å². The van der Waals surface area contributed by atoms with E-state index < -0.39 is 5.97 Å². The van der Waals surface area contributed by atoms with Gasteiger partial charge in [0.2, 0.25) is 0 Å². The first-order valence-electron chi connectivity index (χ1n) is 8.07. The summed E-state index contributed by atoms with van der Waals surface area (Å²) >= 11 is 3.11. The van der Waals surface area contributed by atoms with Crippen LogP contribution < -0.4 is 10.9 Å². The quantitative estimate of drug-likeness (QED) is 0.641. The van der Waals surface area contributed by atoms with Crippen LogP contribution in [0.2, 0.25) is 0 Å². The summed E-state index contributed by atoms with van der Waals surface area (Å²) in [6, 6.07) is 1.76. The molecule has 2 aliphatic rings. The molecule has 0 aliphatic heterocycles. The summed E-state index contributed by atoms with van der Waals surface area (Å²) in [5.74, 6) is -0.403. The Morgan fingerprint density at radius 2 is 2.08 bits per heavy atom. The van der Waals surface area contributed by atoms with Crippen LogP contribution in [0.25, 0.3) is 0 Å². The van der Waals surface area contributed by atoms with Gasteiger partial charge < -0.3 is 15.4 Å². The number of hydrogen-bond acceptors (Lipinski definition) is 4. The SMILES string of the molecule is O=C(O)CN(CC1CC1)C1CC(NC(=O)c2c[nH]c(=O)c(Br)c2)C1. The van der Waals surface area contributed by atoms with E-state index in [1.54, 1.807) is 0 Å². The van der Waals surface area contributed by atoms with Gasteiger partial charge in [0.1, 0.15) is 0 Å². The average molecular weight is 398 g/mol. The van der Waals surface area contributed by atoms with Crippen molar-refractivity contribution in [3.8, 4) is 0 Å².